The lowest BCUT2D eigenvalue weighted by Gasteiger charge is -2.19. The summed E-state index contributed by atoms with van der Waals surface area (Å²) in [6.07, 6.45) is 2.87. The summed E-state index contributed by atoms with van der Waals surface area (Å²) in [5, 5.41) is 0. The van der Waals surface area contributed by atoms with Crippen molar-refractivity contribution in [2.24, 2.45) is 5.73 Å². The van der Waals surface area contributed by atoms with Crippen LogP contribution in [0.15, 0.2) is 18.3 Å². The normalized spacial score (nSPS) is 11.2. The quantitative estimate of drug-likeness (QED) is 0.749. The molecule has 0 aromatic carbocycles. The standard InChI is InChI=1S/C13H22N4S/c1-16(2)8-5-9-17(3)10-11-6-4-7-15-12(11)13(14)18/h4,6-7H,5,8-10H2,1-3H3,(H2,14,18). The number of nitrogens with two attached hydrogens (primary N) is 1. The Kier molecular flexibility index (Phi) is 6.18. The van der Waals surface area contributed by atoms with Crippen LogP contribution in [0.5, 0.6) is 0 Å². The van der Waals surface area contributed by atoms with Crippen LogP contribution in [0.3, 0.4) is 0 Å². The Hall–Kier alpha value is -1.04. The summed E-state index contributed by atoms with van der Waals surface area (Å²) >= 11 is 5.01. The molecule has 0 radical (unpaired) electrons. The molecule has 0 saturated carbocycles. The van der Waals surface area contributed by atoms with Crippen molar-refractivity contribution in [2.75, 3.05) is 34.2 Å². The number of pyridine rings is 1. The van der Waals surface area contributed by atoms with Gasteiger partial charge in [-0.25, -0.2) is 0 Å². The van der Waals surface area contributed by atoms with E-state index in [1.54, 1.807) is 6.20 Å². The molecular formula is C13H22N4S. The zero-order chi connectivity index (χ0) is 13.5. The van der Waals surface area contributed by atoms with Gasteiger partial charge in [0.1, 0.15) is 10.7 Å². The second kappa shape index (κ2) is 7.41. The molecule has 0 aliphatic carbocycles. The molecule has 100 valence electrons. The van der Waals surface area contributed by atoms with Crippen LogP contribution in [-0.2, 0) is 6.54 Å². The predicted molar refractivity (Wildman–Crippen MR) is 79.6 cm³/mol. The van der Waals surface area contributed by atoms with Gasteiger partial charge in [0.25, 0.3) is 0 Å². The molecule has 0 fully saturated rings. The Morgan fingerprint density at radius 1 is 1.33 bits per heavy atom. The van der Waals surface area contributed by atoms with Crippen molar-refractivity contribution in [2.45, 2.75) is 13.0 Å². The average molecular weight is 266 g/mol. The third kappa shape index (κ3) is 5.08. The van der Waals surface area contributed by atoms with Gasteiger partial charge in [-0.2, -0.15) is 0 Å². The molecule has 1 rings (SSSR count). The first-order valence-corrected chi connectivity index (χ1v) is 6.48. The Morgan fingerprint density at radius 2 is 2.06 bits per heavy atom. The monoisotopic (exact) mass is 266 g/mol. The number of hydrogen-bond acceptors (Lipinski definition) is 4. The van der Waals surface area contributed by atoms with Gasteiger partial charge in [0.2, 0.25) is 0 Å². The van der Waals surface area contributed by atoms with Crippen LogP contribution in [0.4, 0.5) is 0 Å². The lowest BCUT2D eigenvalue weighted by Crippen LogP contribution is -2.25. The number of aromatic nitrogens is 1. The summed E-state index contributed by atoms with van der Waals surface area (Å²) in [7, 11) is 6.28. The highest BCUT2D eigenvalue weighted by Gasteiger charge is 2.08. The predicted octanol–water partition coefficient (Wildman–Crippen LogP) is 1.10. The summed E-state index contributed by atoms with van der Waals surface area (Å²) < 4.78 is 0. The van der Waals surface area contributed by atoms with Crippen LogP contribution in [0.25, 0.3) is 0 Å². The molecule has 0 unspecified atom stereocenters. The maximum atomic E-state index is 5.67. The molecule has 18 heavy (non-hydrogen) atoms. The smallest absolute Gasteiger partial charge is 0.123 e. The van der Waals surface area contributed by atoms with E-state index < -0.39 is 0 Å². The van der Waals surface area contributed by atoms with E-state index in [4.69, 9.17) is 18.0 Å². The Morgan fingerprint density at radius 3 is 2.67 bits per heavy atom. The third-order valence-electron chi connectivity index (χ3n) is 2.71. The van der Waals surface area contributed by atoms with E-state index in [0.717, 1.165) is 37.3 Å². The molecule has 2 N–H and O–H groups in total. The van der Waals surface area contributed by atoms with E-state index in [2.05, 4.69) is 35.9 Å². The first-order chi connectivity index (χ1) is 8.50. The fourth-order valence-corrected chi connectivity index (χ4v) is 2.00. The molecule has 0 saturated heterocycles. The van der Waals surface area contributed by atoms with E-state index in [1.807, 2.05) is 12.1 Å². The maximum Gasteiger partial charge on any atom is 0.123 e. The second-order valence-corrected chi connectivity index (χ2v) is 5.21. The zero-order valence-corrected chi connectivity index (χ0v) is 12.2. The van der Waals surface area contributed by atoms with Crippen molar-refractivity contribution in [1.29, 1.82) is 0 Å². The van der Waals surface area contributed by atoms with Crippen molar-refractivity contribution < 1.29 is 0 Å². The SMILES string of the molecule is CN(C)CCCN(C)Cc1cccnc1C(N)=S. The fraction of sp³-hybridized carbons (Fsp3) is 0.538. The summed E-state index contributed by atoms with van der Waals surface area (Å²) in [4.78, 5) is 9.07. The summed E-state index contributed by atoms with van der Waals surface area (Å²) in [6, 6.07) is 3.95. The largest absolute Gasteiger partial charge is 0.388 e. The van der Waals surface area contributed by atoms with Crippen LogP contribution in [-0.4, -0.2) is 54.0 Å². The summed E-state index contributed by atoms with van der Waals surface area (Å²) in [5.74, 6) is 0. The molecule has 1 aromatic heterocycles. The number of rotatable bonds is 7. The molecule has 0 amide bonds. The second-order valence-electron chi connectivity index (χ2n) is 4.77. The molecule has 0 atom stereocenters. The van der Waals surface area contributed by atoms with E-state index in [9.17, 15) is 0 Å². The number of thiocarbonyl (C=S) groups is 1. The molecule has 5 heteroatoms. The van der Waals surface area contributed by atoms with Crippen molar-refractivity contribution in [3.8, 4) is 0 Å². The minimum atomic E-state index is 0.368. The van der Waals surface area contributed by atoms with Crippen LogP contribution in [0.1, 0.15) is 17.7 Å². The van der Waals surface area contributed by atoms with Gasteiger partial charge >= 0.3 is 0 Å². The summed E-state index contributed by atoms with van der Waals surface area (Å²) in [5.41, 5.74) is 7.51. The average Bonchev–Trinajstić information content (AvgIpc) is 2.28. The van der Waals surface area contributed by atoms with Crippen molar-refractivity contribution in [1.82, 2.24) is 14.8 Å². The van der Waals surface area contributed by atoms with Gasteiger partial charge in [-0.15, -0.1) is 0 Å². The topological polar surface area (TPSA) is 45.4 Å². The highest BCUT2D eigenvalue weighted by atomic mass is 32.1. The Bertz CT molecular complexity index is 392. The molecule has 0 bridgehead atoms. The van der Waals surface area contributed by atoms with Crippen LogP contribution >= 0.6 is 12.2 Å². The molecule has 0 aliphatic heterocycles. The maximum absolute atomic E-state index is 5.67. The van der Waals surface area contributed by atoms with E-state index in [1.165, 1.54) is 0 Å². The number of nitrogens with zero attached hydrogens (tertiary/aromatic N) is 3. The zero-order valence-electron chi connectivity index (χ0n) is 11.4. The van der Waals surface area contributed by atoms with E-state index >= 15 is 0 Å². The van der Waals surface area contributed by atoms with Gasteiger partial charge in [-0.1, -0.05) is 18.3 Å². The van der Waals surface area contributed by atoms with Crippen LogP contribution in [0.2, 0.25) is 0 Å². The van der Waals surface area contributed by atoms with Crippen molar-refractivity contribution >= 4 is 17.2 Å². The lowest BCUT2D eigenvalue weighted by molar-refractivity contribution is 0.294. The van der Waals surface area contributed by atoms with Crippen LogP contribution < -0.4 is 5.73 Å². The summed E-state index contributed by atoms with van der Waals surface area (Å²) in [6.45, 7) is 2.97. The molecule has 1 aromatic rings. The third-order valence-corrected chi connectivity index (χ3v) is 2.90. The van der Waals surface area contributed by atoms with E-state index in [0.29, 0.717) is 4.99 Å². The lowest BCUT2D eigenvalue weighted by atomic mass is 10.2. The fourth-order valence-electron chi connectivity index (χ4n) is 1.81. The van der Waals surface area contributed by atoms with Gasteiger partial charge in [0.05, 0.1) is 0 Å². The van der Waals surface area contributed by atoms with Gasteiger partial charge in [0.15, 0.2) is 0 Å². The van der Waals surface area contributed by atoms with Gasteiger partial charge < -0.3 is 15.5 Å². The molecular weight excluding hydrogens is 244 g/mol. The van der Waals surface area contributed by atoms with Crippen molar-refractivity contribution in [3.05, 3.63) is 29.6 Å². The Labute approximate surface area is 115 Å². The van der Waals surface area contributed by atoms with Crippen molar-refractivity contribution in [3.63, 3.8) is 0 Å². The first-order valence-electron chi connectivity index (χ1n) is 6.07. The van der Waals surface area contributed by atoms with Gasteiger partial charge in [-0.3, -0.25) is 4.98 Å². The molecule has 0 aliphatic rings. The minimum absolute atomic E-state index is 0.368. The minimum Gasteiger partial charge on any atom is -0.388 e. The molecule has 0 spiro atoms. The van der Waals surface area contributed by atoms with Gasteiger partial charge in [0, 0.05) is 12.7 Å². The first kappa shape index (κ1) is 15.0. The van der Waals surface area contributed by atoms with Gasteiger partial charge in [-0.05, 0) is 52.3 Å². The van der Waals surface area contributed by atoms with E-state index in [-0.39, 0.29) is 0 Å². The molecule has 4 nitrogen and oxygen atoms in total. The number of hydrogen-bond donors (Lipinski definition) is 1. The Balaban J connectivity index is 2.53. The van der Waals surface area contributed by atoms with Crippen LogP contribution in [0, 0.1) is 0 Å². The highest BCUT2D eigenvalue weighted by molar-refractivity contribution is 7.80. The highest BCUT2D eigenvalue weighted by Crippen LogP contribution is 2.08. The molecule has 1 heterocycles.